The standard InChI is InChI=1S/C40H49N7O5/c41-34-8-5-6-9-35(34)45-38(50)11-4-2-1-3-10-37(49)44-32-18-16-31(17-19-32)39-51-33(26-36(52-39)30-14-12-29(28-48)13-15-30)27-46-22-24-47(25-23-46)40-42-20-7-21-43-40/h5-9,12-21,33,36,39,48H,1-4,10-11,22-28,41H2,(H,44,49)(H,45,50)/t33-,36+,39+/m1/s1. The Balaban J connectivity index is 0.972. The predicted molar refractivity (Wildman–Crippen MR) is 201 cm³/mol. The van der Waals surface area contributed by atoms with Crippen LogP contribution in [-0.2, 0) is 25.7 Å². The Morgan fingerprint density at radius 3 is 2.10 bits per heavy atom. The van der Waals surface area contributed by atoms with Gasteiger partial charge in [-0.1, -0.05) is 61.4 Å². The van der Waals surface area contributed by atoms with E-state index >= 15 is 0 Å². The monoisotopic (exact) mass is 707 g/mol. The molecule has 5 N–H and O–H groups in total. The molecule has 0 spiro atoms. The summed E-state index contributed by atoms with van der Waals surface area (Å²) in [6, 6.07) is 24.6. The minimum Gasteiger partial charge on any atom is -0.397 e. The number of nitrogen functional groups attached to an aromatic ring is 1. The minimum atomic E-state index is -0.572. The molecule has 3 heterocycles. The summed E-state index contributed by atoms with van der Waals surface area (Å²) in [4.78, 5) is 38.4. The number of hydrogen-bond donors (Lipinski definition) is 4. The van der Waals surface area contributed by atoms with Crippen LogP contribution in [0.2, 0.25) is 0 Å². The number of nitrogens with zero attached hydrogens (tertiary/aromatic N) is 4. The Kier molecular flexibility index (Phi) is 13.2. The Morgan fingerprint density at radius 2 is 1.42 bits per heavy atom. The zero-order valence-electron chi connectivity index (χ0n) is 29.5. The quantitative estimate of drug-likeness (QED) is 0.0876. The van der Waals surface area contributed by atoms with Crippen molar-refractivity contribution in [1.82, 2.24) is 14.9 Å². The summed E-state index contributed by atoms with van der Waals surface area (Å²) >= 11 is 0. The molecule has 0 aliphatic carbocycles. The maximum atomic E-state index is 12.7. The fraction of sp³-hybridized carbons (Fsp3) is 0.400. The fourth-order valence-electron chi connectivity index (χ4n) is 6.60. The van der Waals surface area contributed by atoms with Crippen LogP contribution < -0.4 is 21.3 Å². The molecule has 2 aliphatic rings. The van der Waals surface area contributed by atoms with E-state index in [1.54, 1.807) is 24.5 Å². The van der Waals surface area contributed by atoms with E-state index in [9.17, 15) is 14.7 Å². The van der Waals surface area contributed by atoms with Gasteiger partial charge in [0.1, 0.15) is 0 Å². The molecule has 2 amide bonds. The second-order valence-electron chi connectivity index (χ2n) is 13.4. The molecule has 1 aromatic heterocycles. The van der Waals surface area contributed by atoms with Crippen LogP contribution in [0.5, 0.6) is 0 Å². The third-order valence-corrected chi connectivity index (χ3v) is 9.54. The van der Waals surface area contributed by atoms with E-state index in [4.69, 9.17) is 15.2 Å². The van der Waals surface area contributed by atoms with Crippen molar-refractivity contribution in [2.45, 2.75) is 70.1 Å². The van der Waals surface area contributed by atoms with Gasteiger partial charge in [0, 0.05) is 75.6 Å². The molecular formula is C40H49N7O5. The number of ether oxygens (including phenoxy) is 2. The fourth-order valence-corrected chi connectivity index (χ4v) is 6.60. The van der Waals surface area contributed by atoms with E-state index in [1.807, 2.05) is 66.7 Å². The predicted octanol–water partition coefficient (Wildman–Crippen LogP) is 5.84. The third-order valence-electron chi connectivity index (χ3n) is 9.54. The highest BCUT2D eigenvalue weighted by atomic mass is 16.7. The second-order valence-corrected chi connectivity index (χ2v) is 13.4. The van der Waals surface area contributed by atoms with Gasteiger partial charge in [-0.2, -0.15) is 0 Å². The molecule has 0 radical (unpaired) electrons. The van der Waals surface area contributed by atoms with Crippen LogP contribution in [0.1, 0.15) is 74.0 Å². The minimum absolute atomic E-state index is 0.00470. The molecule has 2 fully saturated rings. The van der Waals surface area contributed by atoms with E-state index in [0.29, 0.717) is 30.6 Å². The van der Waals surface area contributed by atoms with Gasteiger partial charge in [-0.25, -0.2) is 9.97 Å². The van der Waals surface area contributed by atoms with Gasteiger partial charge in [-0.15, -0.1) is 0 Å². The molecule has 0 unspecified atom stereocenters. The lowest BCUT2D eigenvalue weighted by atomic mass is 9.99. The number of hydrogen-bond acceptors (Lipinski definition) is 10. The van der Waals surface area contributed by atoms with Gasteiger partial charge in [0.05, 0.1) is 30.2 Å². The molecule has 12 nitrogen and oxygen atoms in total. The van der Waals surface area contributed by atoms with Crippen LogP contribution in [0.4, 0.5) is 23.0 Å². The van der Waals surface area contributed by atoms with Gasteiger partial charge in [0.25, 0.3) is 0 Å². The lowest BCUT2D eigenvalue weighted by Gasteiger charge is -2.40. The lowest BCUT2D eigenvalue weighted by Crippen LogP contribution is -2.50. The first-order chi connectivity index (χ1) is 25.4. The molecule has 0 bridgehead atoms. The van der Waals surface area contributed by atoms with Gasteiger partial charge in [-0.3, -0.25) is 14.5 Å². The molecule has 6 rings (SSSR count). The number of anilines is 4. The van der Waals surface area contributed by atoms with Gasteiger partial charge in [0.2, 0.25) is 17.8 Å². The van der Waals surface area contributed by atoms with Gasteiger partial charge in [-0.05, 0) is 54.3 Å². The number of nitrogens with one attached hydrogen (secondary N) is 2. The Labute approximate surface area is 305 Å². The van der Waals surface area contributed by atoms with Crippen LogP contribution in [0.25, 0.3) is 0 Å². The van der Waals surface area contributed by atoms with Crippen molar-refractivity contribution in [2.24, 2.45) is 0 Å². The number of rotatable bonds is 15. The summed E-state index contributed by atoms with van der Waals surface area (Å²) in [6.07, 6.45) is 7.52. The van der Waals surface area contributed by atoms with Crippen LogP contribution in [0.15, 0.2) is 91.3 Å². The average molecular weight is 708 g/mol. The highest BCUT2D eigenvalue weighted by Gasteiger charge is 2.34. The molecule has 3 aromatic carbocycles. The molecule has 0 saturated carbocycles. The van der Waals surface area contributed by atoms with Crippen molar-refractivity contribution in [2.75, 3.05) is 54.0 Å². The van der Waals surface area contributed by atoms with Crippen molar-refractivity contribution in [3.8, 4) is 0 Å². The number of aromatic nitrogens is 2. The summed E-state index contributed by atoms with van der Waals surface area (Å²) in [5.74, 6) is 0.666. The second kappa shape index (κ2) is 18.6. The number of para-hydroxylation sites is 2. The lowest BCUT2D eigenvalue weighted by molar-refractivity contribution is -0.253. The van der Waals surface area contributed by atoms with E-state index < -0.39 is 6.29 Å². The first kappa shape index (κ1) is 36.9. The molecule has 274 valence electrons. The van der Waals surface area contributed by atoms with Crippen LogP contribution in [-0.4, -0.2) is 70.6 Å². The highest BCUT2D eigenvalue weighted by molar-refractivity contribution is 5.93. The molecule has 3 atom stereocenters. The van der Waals surface area contributed by atoms with Gasteiger partial charge < -0.3 is 35.8 Å². The zero-order chi connectivity index (χ0) is 36.1. The SMILES string of the molecule is Nc1ccccc1NC(=O)CCCCCCC(=O)Nc1ccc([C@H]2O[C@@H](CN3CCN(c4ncccn4)CC3)C[C@@H](c3ccc(CO)cc3)O2)cc1. The van der Waals surface area contributed by atoms with Crippen molar-refractivity contribution in [3.05, 3.63) is 108 Å². The first-order valence-corrected chi connectivity index (χ1v) is 18.2. The number of carbonyl (C=O) groups is 2. The maximum absolute atomic E-state index is 12.7. The summed E-state index contributed by atoms with van der Waals surface area (Å²) in [5, 5.41) is 15.4. The molecule has 12 heteroatoms. The number of aliphatic hydroxyl groups is 1. The van der Waals surface area contributed by atoms with Gasteiger partial charge >= 0.3 is 0 Å². The topological polar surface area (TPSA) is 155 Å². The number of amides is 2. The smallest absolute Gasteiger partial charge is 0.225 e. The summed E-state index contributed by atoms with van der Waals surface area (Å²) < 4.78 is 13.1. The van der Waals surface area contributed by atoms with Crippen molar-refractivity contribution >= 4 is 34.8 Å². The third kappa shape index (κ3) is 10.6. The van der Waals surface area contributed by atoms with E-state index in [0.717, 1.165) is 86.7 Å². The maximum Gasteiger partial charge on any atom is 0.225 e. The number of unbranched alkanes of at least 4 members (excludes halogenated alkanes) is 3. The van der Waals surface area contributed by atoms with Crippen LogP contribution >= 0.6 is 0 Å². The Morgan fingerprint density at radius 1 is 0.769 bits per heavy atom. The number of piperazine rings is 1. The summed E-state index contributed by atoms with van der Waals surface area (Å²) in [6.45, 7) is 4.24. The normalized spacial score (nSPS) is 19.2. The van der Waals surface area contributed by atoms with Crippen molar-refractivity contribution in [3.63, 3.8) is 0 Å². The largest absolute Gasteiger partial charge is 0.397 e. The zero-order valence-corrected chi connectivity index (χ0v) is 29.5. The Bertz CT molecular complexity index is 1720. The molecule has 2 aliphatic heterocycles. The van der Waals surface area contributed by atoms with Gasteiger partial charge in [0.15, 0.2) is 6.29 Å². The molecule has 4 aromatic rings. The molecular weight excluding hydrogens is 658 g/mol. The summed E-state index contributed by atoms with van der Waals surface area (Å²) in [7, 11) is 0. The van der Waals surface area contributed by atoms with Crippen molar-refractivity contribution in [1.29, 1.82) is 0 Å². The van der Waals surface area contributed by atoms with Crippen LogP contribution in [0.3, 0.4) is 0 Å². The summed E-state index contributed by atoms with van der Waals surface area (Å²) in [5.41, 5.74) is 10.6. The number of aliphatic hydroxyl groups excluding tert-OH is 1. The average Bonchev–Trinajstić information content (AvgIpc) is 3.18. The highest BCUT2D eigenvalue weighted by Crippen LogP contribution is 2.38. The number of carbonyl (C=O) groups excluding carboxylic acids is 2. The Hall–Kier alpha value is -4.88. The van der Waals surface area contributed by atoms with E-state index in [-0.39, 0.29) is 30.6 Å². The number of benzene rings is 3. The van der Waals surface area contributed by atoms with Crippen LogP contribution in [0, 0.1) is 0 Å². The van der Waals surface area contributed by atoms with E-state index in [1.165, 1.54) is 0 Å². The number of nitrogens with two attached hydrogens (primary N) is 1. The molecule has 52 heavy (non-hydrogen) atoms. The first-order valence-electron chi connectivity index (χ1n) is 18.2. The van der Waals surface area contributed by atoms with Crippen molar-refractivity contribution < 1.29 is 24.2 Å². The van der Waals surface area contributed by atoms with E-state index in [2.05, 4.69) is 30.4 Å². The molecule has 2 saturated heterocycles.